The molecule has 26 heavy (non-hydrogen) atoms. The molecule has 5 heteroatoms. The number of likely N-dealkylation sites (tertiary alicyclic amines) is 1. The van der Waals surface area contributed by atoms with Crippen LogP contribution in [0.1, 0.15) is 36.8 Å². The van der Waals surface area contributed by atoms with Gasteiger partial charge in [-0.25, -0.2) is 4.39 Å². The van der Waals surface area contributed by atoms with Crippen molar-refractivity contribution < 1.29 is 9.18 Å². The zero-order valence-electron chi connectivity index (χ0n) is 15.0. The number of carbonyl (C=O) groups is 1. The van der Waals surface area contributed by atoms with Gasteiger partial charge in [-0.15, -0.1) is 0 Å². The lowest BCUT2D eigenvalue weighted by Crippen LogP contribution is -2.33. The van der Waals surface area contributed by atoms with E-state index < -0.39 is 0 Å². The Kier molecular flexibility index (Phi) is 6.72. The minimum atomic E-state index is -0.254. The van der Waals surface area contributed by atoms with E-state index in [4.69, 9.17) is 0 Å². The molecule has 1 aliphatic rings. The van der Waals surface area contributed by atoms with Crippen LogP contribution in [0.2, 0.25) is 0 Å². The van der Waals surface area contributed by atoms with E-state index in [0.29, 0.717) is 18.9 Å². The van der Waals surface area contributed by atoms with Gasteiger partial charge in [0, 0.05) is 31.9 Å². The molecule has 1 amide bonds. The first kappa shape index (κ1) is 18.5. The van der Waals surface area contributed by atoms with E-state index in [0.717, 1.165) is 44.5 Å². The summed E-state index contributed by atoms with van der Waals surface area (Å²) in [6, 6.07) is 10.4. The second-order valence-corrected chi connectivity index (χ2v) is 7.02. The number of nitrogens with one attached hydrogen (secondary N) is 1. The first-order valence-corrected chi connectivity index (χ1v) is 9.31. The fourth-order valence-electron chi connectivity index (χ4n) is 3.41. The Morgan fingerprint density at radius 2 is 1.77 bits per heavy atom. The van der Waals surface area contributed by atoms with Crippen LogP contribution in [-0.4, -0.2) is 28.9 Å². The molecule has 4 nitrogen and oxygen atoms in total. The van der Waals surface area contributed by atoms with Crippen LogP contribution in [0.15, 0.2) is 48.8 Å². The van der Waals surface area contributed by atoms with Crippen molar-refractivity contribution in [3.63, 3.8) is 0 Å². The van der Waals surface area contributed by atoms with Crippen LogP contribution >= 0.6 is 0 Å². The predicted octanol–water partition coefficient (Wildman–Crippen LogP) is 3.53. The minimum absolute atomic E-state index is 0.0774. The van der Waals surface area contributed by atoms with Gasteiger partial charge in [-0.05, 0) is 73.7 Å². The molecule has 0 aliphatic carbocycles. The van der Waals surface area contributed by atoms with Gasteiger partial charge < -0.3 is 5.32 Å². The monoisotopic (exact) mass is 355 g/mol. The molecular weight excluding hydrogens is 329 g/mol. The Labute approximate surface area is 154 Å². The summed E-state index contributed by atoms with van der Waals surface area (Å²) in [6.07, 6.45) is 7.49. The number of halogens is 1. The molecule has 1 aliphatic heterocycles. The van der Waals surface area contributed by atoms with E-state index in [9.17, 15) is 9.18 Å². The van der Waals surface area contributed by atoms with E-state index in [1.165, 1.54) is 17.7 Å². The molecule has 1 saturated heterocycles. The van der Waals surface area contributed by atoms with Gasteiger partial charge in [0.15, 0.2) is 0 Å². The summed E-state index contributed by atoms with van der Waals surface area (Å²) in [4.78, 5) is 18.6. The molecule has 0 unspecified atom stereocenters. The van der Waals surface area contributed by atoms with Crippen LogP contribution in [-0.2, 0) is 17.9 Å². The molecule has 1 aromatic carbocycles. The van der Waals surface area contributed by atoms with Crippen molar-refractivity contribution in [2.45, 2.75) is 38.8 Å². The maximum atomic E-state index is 12.9. The van der Waals surface area contributed by atoms with E-state index >= 15 is 0 Å². The van der Waals surface area contributed by atoms with Crippen molar-refractivity contribution in [3.8, 4) is 0 Å². The van der Waals surface area contributed by atoms with Gasteiger partial charge in [0.1, 0.15) is 5.82 Å². The highest BCUT2D eigenvalue weighted by Gasteiger charge is 2.19. The van der Waals surface area contributed by atoms with Crippen molar-refractivity contribution in [1.82, 2.24) is 15.2 Å². The van der Waals surface area contributed by atoms with Crippen molar-refractivity contribution in [3.05, 3.63) is 65.7 Å². The molecule has 1 aromatic heterocycles. The minimum Gasteiger partial charge on any atom is -0.352 e. The van der Waals surface area contributed by atoms with Gasteiger partial charge in [-0.2, -0.15) is 0 Å². The quantitative estimate of drug-likeness (QED) is 0.826. The molecule has 138 valence electrons. The zero-order chi connectivity index (χ0) is 18.2. The van der Waals surface area contributed by atoms with Crippen LogP contribution in [0, 0.1) is 11.7 Å². The van der Waals surface area contributed by atoms with E-state index in [-0.39, 0.29) is 11.7 Å². The molecular formula is C21H26FN3O. The van der Waals surface area contributed by atoms with Crippen molar-refractivity contribution in [2.75, 3.05) is 13.1 Å². The van der Waals surface area contributed by atoms with E-state index in [1.54, 1.807) is 12.1 Å². The number of piperidine rings is 1. The first-order valence-electron chi connectivity index (χ1n) is 9.31. The fourth-order valence-corrected chi connectivity index (χ4v) is 3.41. The number of rotatable bonds is 7. The normalized spacial score (nSPS) is 15.7. The number of benzene rings is 1. The molecule has 1 N–H and O–H groups in total. The molecule has 0 spiro atoms. The third-order valence-corrected chi connectivity index (χ3v) is 5.05. The second-order valence-electron chi connectivity index (χ2n) is 7.02. The summed E-state index contributed by atoms with van der Waals surface area (Å²) in [5.74, 6) is 0.448. The topological polar surface area (TPSA) is 45.2 Å². The summed E-state index contributed by atoms with van der Waals surface area (Å²) in [7, 11) is 0. The highest BCUT2D eigenvalue weighted by Crippen LogP contribution is 2.23. The fraction of sp³-hybridized carbons (Fsp3) is 0.429. The molecule has 2 heterocycles. The summed E-state index contributed by atoms with van der Waals surface area (Å²) in [5.41, 5.74) is 2.22. The average Bonchev–Trinajstić information content (AvgIpc) is 2.68. The standard InChI is InChI=1S/C21H26FN3O/c22-20-4-1-18(2-5-20)15-24-21(26)6-3-17-9-13-25(14-10-17)16-19-7-11-23-12-8-19/h1-2,4-5,7-8,11-12,17H,3,6,9-10,13-16H2,(H,24,26). The van der Waals surface area contributed by atoms with Crippen LogP contribution in [0.3, 0.4) is 0 Å². The van der Waals surface area contributed by atoms with Crippen molar-refractivity contribution >= 4 is 5.91 Å². The Morgan fingerprint density at radius 1 is 1.08 bits per heavy atom. The SMILES string of the molecule is O=C(CCC1CCN(Cc2ccncc2)CC1)NCc1ccc(F)cc1. The third kappa shape index (κ3) is 5.92. The van der Waals surface area contributed by atoms with Crippen molar-refractivity contribution in [2.24, 2.45) is 5.92 Å². The van der Waals surface area contributed by atoms with Crippen molar-refractivity contribution in [1.29, 1.82) is 0 Å². The number of hydrogen-bond acceptors (Lipinski definition) is 3. The summed E-state index contributed by atoms with van der Waals surface area (Å²) >= 11 is 0. The van der Waals surface area contributed by atoms with Gasteiger partial charge in [-0.1, -0.05) is 12.1 Å². The highest BCUT2D eigenvalue weighted by atomic mass is 19.1. The molecule has 0 radical (unpaired) electrons. The summed E-state index contributed by atoms with van der Waals surface area (Å²) < 4.78 is 12.9. The maximum absolute atomic E-state index is 12.9. The zero-order valence-corrected chi connectivity index (χ0v) is 15.0. The molecule has 3 rings (SSSR count). The Bertz CT molecular complexity index is 682. The molecule has 0 atom stereocenters. The molecule has 1 fully saturated rings. The number of hydrogen-bond donors (Lipinski definition) is 1. The second kappa shape index (κ2) is 9.43. The molecule has 0 saturated carbocycles. The average molecular weight is 355 g/mol. The van der Waals surface area contributed by atoms with E-state index in [1.807, 2.05) is 12.4 Å². The Hall–Kier alpha value is -2.27. The van der Waals surface area contributed by atoms with Gasteiger partial charge in [0.25, 0.3) is 0 Å². The Balaban J connectivity index is 1.32. The third-order valence-electron chi connectivity index (χ3n) is 5.05. The van der Waals surface area contributed by atoms with Crippen LogP contribution in [0.4, 0.5) is 4.39 Å². The number of carbonyl (C=O) groups excluding carboxylic acids is 1. The van der Waals surface area contributed by atoms with Crippen LogP contribution < -0.4 is 5.32 Å². The number of aromatic nitrogens is 1. The largest absolute Gasteiger partial charge is 0.352 e. The number of nitrogens with zero attached hydrogens (tertiary/aromatic N) is 2. The number of pyridine rings is 1. The molecule has 2 aromatic rings. The summed E-state index contributed by atoms with van der Waals surface area (Å²) in [5, 5.41) is 2.92. The van der Waals surface area contributed by atoms with Crippen LogP contribution in [0.5, 0.6) is 0 Å². The van der Waals surface area contributed by atoms with Gasteiger partial charge in [-0.3, -0.25) is 14.7 Å². The summed E-state index contributed by atoms with van der Waals surface area (Å²) in [6.45, 7) is 3.62. The highest BCUT2D eigenvalue weighted by molar-refractivity contribution is 5.75. The first-order chi connectivity index (χ1) is 12.7. The molecule has 0 bridgehead atoms. The lowest BCUT2D eigenvalue weighted by molar-refractivity contribution is -0.121. The lowest BCUT2D eigenvalue weighted by Gasteiger charge is -2.31. The predicted molar refractivity (Wildman–Crippen MR) is 99.7 cm³/mol. The smallest absolute Gasteiger partial charge is 0.220 e. The number of amides is 1. The van der Waals surface area contributed by atoms with Gasteiger partial charge in [0.2, 0.25) is 5.91 Å². The van der Waals surface area contributed by atoms with Gasteiger partial charge in [0.05, 0.1) is 0 Å². The van der Waals surface area contributed by atoms with Gasteiger partial charge >= 0.3 is 0 Å². The van der Waals surface area contributed by atoms with Crippen LogP contribution in [0.25, 0.3) is 0 Å². The maximum Gasteiger partial charge on any atom is 0.220 e. The van der Waals surface area contributed by atoms with E-state index in [2.05, 4.69) is 27.3 Å². The lowest BCUT2D eigenvalue weighted by atomic mass is 9.92. The Morgan fingerprint density at radius 3 is 2.46 bits per heavy atom.